The highest BCUT2D eigenvalue weighted by atomic mass is 32.2. The quantitative estimate of drug-likeness (QED) is 0.550. The summed E-state index contributed by atoms with van der Waals surface area (Å²) < 4.78 is 80.4. The molecule has 0 saturated heterocycles. The number of hydrogen-bond donors (Lipinski definition) is 2. The highest BCUT2D eigenvalue weighted by Crippen LogP contribution is 2.15. The van der Waals surface area contributed by atoms with E-state index in [1.807, 2.05) is 0 Å². The van der Waals surface area contributed by atoms with Crippen LogP contribution in [-0.4, -0.2) is 16.8 Å². The molecule has 0 radical (unpaired) electrons. The smallest absolute Gasteiger partial charge is 0.207 e. The van der Waals surface area contributed by atoms with Crippen molar-refractivity contribution in [1.82, 2.24) is 9.44 Å². The normalized spacial score (nSPS) is 12.1. The van der Waals surface area contributed by atoms with Gasteiger partial charge in [-0.25, -0.2) is 35.1 Å². The van der Waals surface area contributed by atoms with Crippen molar-refractivity contribution in [3.63, 3.8) is 0 Å². The van der Waals surface area contributed by atoms with Crippen molar-refractivity contribution < 1.29 is 25.6 Å². The van der Waals surface area contributed by atoms with Gasteiger partial charge in [0.25, 0.3) is 0 Å². The summed E-state index contributed by atoms with van der Waals surface area (Å²) in [7, 11) is -7.75. The Morgan fingerprint density at radius 3 is 1.23 bits per heavy atom. The zero-order valence-electron chi connectivity index (χ0n) is 15.5. The fourth-order valence-electron chi connectivity index (χ4n) is 2.64. The monoisotopic (exact) mass is 452 g/mol. The van der Waals surface area contributed by atoms with Crippen molar-refractivity contribution in [2.24, 2.45) is 0 Å². The lowest BCUT2D eigenvalue weighted by Crippen LogP contribution is -2.26. The van der Waals surface area contributed by atoms with Crippen LogP contribution in [-0.2, 0) is 33.1 Å². The summed E-state index contributed by atoms with van der Waals surface area (Å²) in [6.45, 7) is -0.178. The van der Waals surface area contributed by atoms with E-state index in [2.05, 4.69) is 9.44 Å². The minimum atomic E-state index is -3.87. The fourth-order valence-corrected chi connectivity index (χ4v) is 4.66. The van der Waals surface area contributed by atoms with Crippen LogP contribution in [0, 0.1) is 11.6 Å². The topological polar surface area (TPSA) is 92.3 Å². The van der Waals surface area contributed by atoms with Gasteiger partial charge in [0.2, 0.25) is 20.0 Å². The Kier molecular flexibility index (Phi) is 6.61. The maximum atomic E-state index is 13.0. The molecule has 0 amide bonds. The van der Waals surface area contributed by atoms with E-state index < -0.39 is 31.7 Å². The van der Waals surface area contributed by atoms with Crippen LogP contribution in [0.1, 0.15) is 11.1 Å². The second-order valence-corrected chi connectivity index (χ2v) is 9.86. The van der Waals surface area contributed by atoms with Crippen LogP contribution in [0.4, 0.5) is 8.78 Å². The summed E-state index contributed by atoms with van der Waals surface area (Å²) >= 11 is 0. The predicted molar refractivity (Wildman–Crippen MR) is 107 cm³/mol. The Balaban J connectivity index is 1.71. The molecular formula is C20H18F2N2O4S2. The van der Waals surface area contributed by atoms with Gasteiger partial charge < -0.3 is 0 Å². The van der Waals surface area contributed by atoms with Gasteiger partial charge in [0.05, 0.1) is 9.79 Å². The van der Waals surface area contributed by atoms with Gasteiger partial charge >= 0.3 is 0 Å². The van der Waals surface area contributed by atoms with Gasteiger partial charge in [-0.1, -0.05) is 24.3 Å². The Morgan fingerprint density at radius 1 is 0.567 bits per heavy atom. The lowest BCUT2D eigenvalue weighted by molar-refractivity contribution is 0.576. The summed E-state index contributed by atoms with van der Waals surface area (Å²) in [6, 6.07) is 15.5. The van der Waals surface area contributed by atoms with Crippen LogP contribution >= 0.6 is 0 Å². The maximum Gasteiger partial charge on any atom is 0.240 e. The van der Waals surface area contributed by atoms with Gasteiger partial charge in [0.1, 0.15) is 11.6 Å². The molecule has 6 nitrogen and oxygen atoms in total. The molecular weight excluding hydrogens is 434 g/mol. The average molecular weight is 453 g/mol. The molecule has 0 aliphatic carbocycles. The van der Waals surface area contributed by atoms with E-state index in [4.69, 9.17) is 0 Å². The van der Waals surface area contributed by atoms with E-state index in [-0.39, 0.29) is 22.9 Å². The van der Waals surface area contributed by atoms with Crippen molar-refractivity contribution in [2.75, 3.05) is 0 Å². The zero-order valence-corrected chi connectivity index (χ0v) is 17.2. The molecule has 158 valence electrons. The Hall–Kier alpha value is -2.66. The Morgan fingerprint density at radius 2 is 0.900 bits per heavy atom. The van der Waals surface area contributed by atoms with Crippen molar-refractivity contribution >= 4 is 20.0 Å². The predicted octanol–water partition coefficient (Wildman–Crippen LogP) is 2.92. The van der Waals surface area contributed by atoms with E-state index in [0.717, 1.165) is 48.5 Å². The molecule has 30 heavy (non-hydrogen) atoms. The molecule has 10 heteroatoms. The number of rotatable bonds is 8. The lowest BCUT2D eigenvalue weighted by atomic mass is 10.1. The second kappa shape index (κ2) is 9.00. The highest BCUT2D eigenvalue weighted by molar-refractivity contribution is 7.89. The summed E-state index contributed by atoms with van der Waals surface area (Å²) in [5.41, 5.74) is 1.12. The molecule has 0 heterocycles. The molecule has 3 aromatic rings. The largest absolute Gasteiger partial charge is 0.240 e. The van der Waals surface area contributed by atoms with Gasteiger partial charge in [0.15, 0.2) is 0 Å². The summed E-state index contributed by atoms with van der Waals surface area (Å²) in [4.78, 5) is -0.170. The molecule has 0 saturated carbocycles. The van der Waals surface area contributed by atoms with E-state index in [9.17, 15) is 25.6 Å². The first-order chi connectivity index (χ1) is 14.2. The molecule has 3 aromatic carbocycles. The SMILES string of the molecule is O=S(=O)(NCc1ccccc1CNS(=O)(=O)c1ccc(F)cc1)c1ccc(F)cc1. The second-order valence-electron chi connectivity index (χ2n) is 6.33. The van der Waals surface area contributed by atoms with Gasteiger partial charge in [-0.3, -0.25) is 0 Å². The molecule has 3 rings (SSSR count). The van der Waals surface area contributed by atoms with Gasteiger partial charge in [-0.05, 0) is 59.7 Å². The summed E-state index contributed by atoms with van der Waals surface area (Å²) in [5.74, 6) is -1.10. The van der Waals surface area contributed by atoms with Gasteiger partial charge in [0, 0.05) is 13.1 Å². The molecule has 0 aliphatic heterocycles. The van der Waals surface area contributed by atoms with E-state index in [1.54, 1.807) is 24.3 Å². The van der Waals surface area contributed by atoms with Crippen LogP contribution in [0.15, 0.2) is 82.6 Å². The summed E-state index contributed by atoms with van der Waals surface area (Å²) in [5, 5.41) is 0. The van der Waals surface area contributed by atoms with Crippen LogP contribution < -0.4 is 9.44 Å². The number of sulfonamides is 2. The highest BCUT2D eigenvalue weighted by Gasteiger charge is 2.17. The van der Waals surface area contributed by atoms with E-state index >= 15 is 0 Å². The van der Waals surface area contributed by atoms with Crippen molar-refractivity contribution in [3.8, 4) is 0 Å². The molecule has 0 unspecified atom stereocenters. The van der Waals surface area contributed by atoms with Gasteiger partial charge in [-0.15, -0.1) is 0 Å². The van der Waals surface area contributed by atoms with E-state index in [0.29, 0.717) is 11.1 Å². The Labute approximate surface area is 173 Å². The van der Waals surface area contributed by atoms with Crippen LogP contribution in [0.5, 0.6) is 0 Å². The minimum Gasteiger partial charge on any atom is -0.207 e. The average Bonchev–Trinajstić information content (AvgIpc) is 2.72. The van der Waals surface area contributed by atoms with Crippen molar-refractivity contribution in [3.05, 3.63) is 95.6 Å². The maximum absolute atomic E-state index is 13.0. The third-order valence-corrected chi connectivity index (χ3v) is 7.11. The molecule has 0 atom stereocenters. The first-order valence-electron chi connectivity index (χ1n) is 8.75. The first-order valence-corrected chi connectivity index (χ1v) is 11.7. The zero-order chi connectivity index (χ0) is 21.8. The molecule has 0 spiro atoms. The molecule has 0 aliphatic rings. The first kappa shape index (κ1) is 22.0. The molecule has 2 N–H and O–H groups in total. The standard InChI is InChI=1S/C20H18F2N2O4S2/c21-17-5-9-19(10-6-17)29(25,26)23-13-15-3-1-2-4-16(15)14-24-30(27,28)20-11-7-18(22)8-12-20/h1-12,23-24H,13-14H2. The Bertz CT molecular complexity index is 1130. The number of halogens is 2. The number of hydrogen-bond acceptors (Lipinski definition) is 4. The summed E-state index contributed by atoms with van der Waals surface area (Å²) in [6.07, 6.45) is 0. The van der Waals surface area contributed by atoms with E-state index in [1.165, 1.54) is 0 Å². The number of benzene rings is 3. The minimum absolute atomic E-state index is 0.0848. The molecule has 0 fully saturated rings. The lowest BCUT2D eigenvalue weighted by Gasteiger charge is -2.12. The van der Waals surface area contributed by atoms with Crippen LogP contribution in [0.25, 0.3) is 0 Å². The third-order valence-electron chi connectivity index (χ3n) is 4.27. The van der Waals surface area contributed by atoms with Gasteiger partial charge in [-0.2, -0.15) is 0 Å². The molecule has 0 aromatic heterocycles. The van der Waals surface area contributed by atoms with Crippen molar-refractivity contribution in [1.29, 1.82) is 0 Å². The number of nitrogens with one attached hydrogen (secondary N) is 2. The van der Waals surface area contributed by atoms with Crippen LogP contribution in [0.2, 0.25) is 0 Å². The molecule has 0 bridgehead atoms. The van der Waals surface area contributed by atoms with Crippen molar-refractivity contribution in [2.45, 2.75) is 22.9 Å². The van der Waals surface area contributed by atoms with Crippen LogP contribution in [0.3, 0.4) is 0 Å². The third kappa shape index (κ3) is 5.48. The fraction of sp³-hybridized carbons (Fsp3) is 0.100.